The SMILES string of the molecule is CC(C)(C)OC(=O)N(CCO)C1(N2CCCC2)CC1. The molecule has 2 rings (SSSR count). The van der Waals surface area contributed by atoms with E-state index in [-0.39, 0.29) is 18.4 Å². The summed E-state index contributed by atoms with van der Waals surface area (Å²) in [7, 11) is 0. The van der Waals surface area contributed by atoms with Crippen LogP contribution in [0.1, 0.15) is 46.5 Å². The number of hydrogen-bond donors (Lipinski definition) is 1. The number of rotatable bonds is 4. The van der Waals surface area contributed by atoms with Crippen LogP contribution in [0.4, 0.5) is 4.79 Å². The average Bonchev–Trinajstić information content (AvgIpc) is 2.89. The molecular formula is C14H26N2O3. The van der Waals surface area contributed by atoms with Crippen LogP contribution < -0.4 is 0 Å². The van der Waals surface area contributed by atoms with Gasteiger partial charge in [0.15, 0.2) is 0 Å². The molecule has 1 amide bonds. The highest BCUT2D eigenvalue weighted by atomic mass is 16.6. The van der Waals surface area contributed by atoms with Gasteiger partial charge in [-0.1, -0.05) is 0 Å². The number of likely N-dealkylation sites (tertiary alicyclic amines) is 1. The second-order valence-electron chi connectivity index (χ2n) is 6.53. The second-order valence-corrected chi connectivity index (χ2v) is 6.53. The first kappa shape index (κ1) is 14.6. The molecule has 0 aromatic carbocycles. The third-order valence-corrected chi connectivity index (χ3v) is 3.83. The van der Waals surface area contributed by atoms with Gasteiger partial charge in [-0.05, 0) is 46.5 Å². The fourth-order valence-corrected chi connectivity index (χ4v) is 2.89. The van der Waals surface area contributed by atoms with Gasteiger partial charge in [0.05, 0.1) is 12.3 Å². The lowest BCUT2D eigenvalue weighted by Crippen LogP contribution is -2.54. The number of amides is 1. The fraction of sp³-hybridized carbons (Fsp3) is 0.929. The summed E-state index contributed by atoms with van der Waals surface area (Å²) in [6.45, 7) is 8.04. The van der Waals surface area contributed by atoms with Crippen LogP contribution in [0.3, 0.4) is 0 Å². The van der Waals surface area contributed by atoms with Gasteiger partial charge in [0.1, 0.15) is 5.60 Å². The monoisotopic (exact) mass is 270 g/mol. The van der Waals surface area contributed by atoms with Crippen LogP contribution >= 0.6 is 0 Å². The van der Waals surface area contributed by atoms with Gasteiger partial charge in [0, 0.05) is 19.6 Å². The average molecular weight is 270 g/mol. The molecular weight excluding hydrogens is 244 g/mol. The van der Waals surface area contributed by atoms with Gasteiger partial charge in [-0.3, -0.25) is 9.80 Å². The van der Waals surface area contributed by atoms with Crippen molar-refractivity contribution in [1.82, 2.24) is 9.80 Å². The smallest absolute Gasteiger partial charge is 0.411 e. The van der Waals surface area contributed by atoms with Gasteiger partial charge in [0.2, 0.25) is 0 Å². The molecule has 1 aliphatic heterocycles. The van der Waals surface area contributed by atoms with Crippen LogP contribution in [0, 0.1) is 0 Å². The zero-order chi connectivity index (χ0) is 14.1. The maximum Gasteiger partial charge on any atom is 0.411 e. The minimum absolute atomic E-state index is 0.0190. The molecule has 19 heavy (non-hydrogen) atoms. The zero-order valence-electron chi connectivity index (χ0n) is 12.3. The lowest BCUT2D eigenvalue weighted by atomic mass is 10.2. The quantitative estimate of drug-likeness (QED) is 0.846. The van der Waals surface area contributed by atoms with Gasteiger partial charge in [-0.2, -0.15) is 0 Å². The zero-order valence-corrected chi connectivity index (χ0v) is 12.3. The normalized spacial score (nSPS) is 22.3. The molecule has 5 heteroatoms. The number of aliphatic hydroxyl groups excluding tert-OH is 1. The molecule has 1 heterocycles. The highest BCUT2D eigenvalue weighted by Gasteiger charge is 2.55. The molecule has 2 fully saturated rings. The summed E-state index contributed by atoms with van der Waals surface area (Å²) in [4.78, 5) is 16.5. The Labute approximate surface area is 115 Å². The Morgan fingerprint density at radius 1 is 1.32 bits per heavy atom. The Morgan fingerprint density at radius 2 is 1.89 bits per heavy atom. The molecule has 0 radical (unpaired) electrons. The predicted octanol–water partition coefficient (Wildman–Crippen LogP) is 1.80. The van der Waals surface area contributed by atoms with E-state index in [0.717, 1.165) is 25.9 Å². The van der Waals surface area contributed by atoms with Gasteiger partial charge < -0.3 is 9.84 Å². The van der Waals surface area contributed by atoms with Crippen molar-refractivity contribution in [1.29, 1.82) is 0 Å². The van der Waals surface area contributed by atoms with Crippen molar-refractivity contribution in [2.75, 3.05) is 26.2 Å². The first-order chi connectivity index (χ1) is 8.89. The third-order valence-electron chi connectivity index (χ3n) is 3.83. The van der Waals surface area contributed by atoms with E-state index < -0.39 is 5.60 Å². The van der Waals surface area contributed by atoms with E-state index in [1.54, 1.807) is 4.90 Å². The summed E-state index contributed by atoms with van der Waals surface area (Å²) in [5.74, 6) is 0. The minimum atomic E-state index is -0.494. The molecule has 1 N–H and O–H groups in total. The van der Waals surface area contributed by atoms with Crippen LogP contribution in [0.5, 0.6) is 0 Å². The maximum atomic E-state index is 12.4. The Morgan fingerprint density at radius 3 is 2.32 bits per heavy atom. The molecule has 1 aliphatic carbocycles. The van der Waals surface area contributed by atoms with Crippen LogP contribution in [0.15, 0.2) is 0 Å². The molecule has 0 atom stereocenters. The van der Waals surface area contributed by atoms with Gasteiger partial charge in [-0.25, -0.2) is 4.79 Å². The molecule has 0 spiro atoms. The largest absolute Gasteiger partial charge is 0.444 e. The maximum absolute atomic E-state index is 12.4. The number of nitrogens with zero attached hydrogens (tertiary/aromatic N) is 2. The van der Waals surface area contributed by atoms with Crippen molar-refractivity contribution >= 4 is 6.09 Å². The lowest BCUT2D eigenvalue weighted by molar-refractivity contribution is -0.0214. The molecule has 1 saturated carbocycles. The molecule has 0 aromatic heterocycles. The molecule has 0 aromatic rings. The second kappa shape index (κ2) is 5.29. The van der Waals surface area contributed by atoms with Crippen LogP contribution in [0.25, 0.3) is 0 Å². The van der Waals surface area contributed by atoms with E-state index in [1.165, 1.54) is 12.8 Å². The summed E-state index contributed by atoms with van der Waals surface area (Å²) in [5, 5.41) is 9.25. The Balaban J connectivity index is 2.08. The highest BCUT2D eigenvalue weighted by Crippen LogP contribution is 2.46. The van der Waals surface area contributed by atoms with Crippen molar-refractivity contribution in [3.63, 3.8) is 0 Å². The first-order valence-corrected chi connectivity index (χ1v) is 7.26. The summed E-state index contributed by atoms with van der Waals surface area (Å²) < 4.78 is 5.49. The molecule has 0 unspecified atom stereocenters. The Kier molecular flexibility index (Phi) is 4.06. The van der Waals surface area contributed by atoms with Crippen molar-refractivity contribution in [2.24, 2.45) is 0 Å². The molecule has 5 nitrogen and oxygen atoms in total. The van der Waals surface area contributed by atoms with E-state index in [2.05, 4.69) is 4.90 Å². The van der Waals surface area contributed by atoms with Crippen molar-refractivity contribution in [3.05, 3.63) is 0 Å². The number of ether oxygens (including phenoxy) is 1. The van der Waals surface area contributed by atoms with Crippen molar-refractivity contribution < 1.29 is 14.6 Å². The van der Waals surface area contributed by atoms with E-state index >= 15 is 0 Å². The highest BCUT2D eigenvalue weighted by molar-refractivity contribution is 5.69. The fourth-order valence-electron chi connectivity index (χ4n) is 2.89. The number of carbonyl (C=O) groups excluding carboxylic acids is 1. The van der Waals surface area contributed by atoms with Gasteiger partial charge in [-0.15, -0.1) is 0 Å². The lowest BCUT2D eigenvalue weighted by Gasteiger charge is -2.38. The van der Waals surface area contributed by atoms with E-state index in [0.29, 0.717) is 6.54 Å². The minimum Gasteiger partial charge on any atom is -0.444 e. The Bertz CT molecular complexity index is 328. The molecule has 110 valence electrons. The van der Waals surface area contributed by atoms with Crippen molar-refractivity contribution in [3.8, 4) is 0 Å². The molecule has 0 bridgehead atoms. The van der Waals surface area contributed by atoms with Crippen LogP contribution in [0.2, 0.25) is 0 Å². The number of hydrogen-bond acceptors (Lipinski definition) is 4. The third kappa shape index (κ3) is 3.20. The van der Waals surface area contributed by atoms with Crippen LogP contribution in [-0.2, 0) is 4.74 Å². The number of carbonyl (C=O) groups is 1. The molecule has 2 aliphatic rings. The van der Waals surface area contributed by atoms with E-state index in [4.69, 9.17) is 4.74 Å². The van der Waals surface area contributed by atoms with E-state index in [1.807, 2.05) is 20.8 Å². The topological polar surface area (TPSA) is 53.0 Å². The standard InChI is InChI=1S/C14H26N2O3/c1-13(2,3)19-12(18)16(10-11-17)14(6-7-14)15-8-4-5-9-15/h17H,4-11H2,1-3H3. The van der Waals surface area contributed by atoms with Gasteiger partial charge >= 0.3 is 6.09 Å². The predicted molar refractivity (Wildman–Crippen MR) is 72.8 cm³/mol. The summed E-state index contributed by atoms with van der Waals surface area (Å²) in [5.41, 5.74) is -0.673. The van der Waals surface area contributed by atoms with Gasteiger partial charge in [0.25, 0.3) is 0 Å². The number of aliphatic hydroxyl groups is 1. The summed E-state index contributed by atoms with van der Waals surface area (Å²) >= 11 is 0. The summed E-state index contributed by atoms with van der Waals surface area (Å²) in [6.07, 6.45) is 4.08. The van der Waals surface area contributed by atoms with E-state index in [9.17, 15) is 9.90 Å². The van der Waals surface area contributed by atoms with Crippen LogP contribution in [-0.4, -0.2) is 58.5 Å². The first-order valence-electron chi connectivity index (χ1n) is 7.26. The Hall–Kier alpha value is -0.810. The molecule has 1 saturated heterocycles. The van der Waals surface area contributed by atoms with Crippen molar-refractivity contribution in [2.45, 2.75) is 57.7 Å². The summed E-state index contributed by atoms with van der Waals surface area (Å²) in [6, 6.07) is 0.